The van der Waals surface area contributed by atoms with Crippen molar-refractivity contribution in [3.05, 3.63) is 68.4 Å². The number of nitrogens with zero attached hydrogens (tertiary/aromatic N) is 2. The van der Waals surface area contributed by atoms with Gasteiger partial charge >= 0.3 is 0 Å². The van der Waals surface area contributed by atoms with Crippen molar-refractivity contribution in [1.82, 2.24) is 9.55 Å². The lowest BCUT2D eigenvalue weighted by Gasteiger charge is -2.12. The number of carbonyl (C=O) groups is 1. The van der Waals surface area contributed by atoms with Crippen molar-refractivity contribution in [2.45, 2.75) is 25.0 Å². The number of carbonyl (C=O) groups excluding carboxylic acids is 1. The van der Waals surface area contributed by atoms with Crippen LogP contribution in [0.1, 0.15) is 23.7 Å². The molecule has 4 nitrogen and oxygen atoms in total. The van der Waals surface area contributed by atoms with E-state index in [1.54, 1.807) is 47.0 Å². The van der Waals surface area contributed by atoms with Crippen LogP contribution >= 0.6 is 35.0 Å². The van der Waals surface area contributed by atoms with E-state index in [0.29, 0.717) is 38.2 Å². The molecule has 1 heterocycles. The van der Waals surface area contributed by atoms with E-state index in [2.05, 4.69) is 4.98 Å². The number of rotatable bonds is 6. The van der Waals surface area contributed by atoms with Gasteiger partial charge in [-0.2, -0.15) is 0 Å². The fourth-order valence-corrected chi connectivity index (χ4v) is 3.86. The second kappa shape index (κ2) is 8.25. The van der Waals surface area contributed by atoms with Crippen LogP contribution in [0.25, 0.3) is 10.9 Å². The summed E-state index contributed by atoms with van der Waals surface area (Å²) in [6.45, 7) is 2.53. The van der Waals surface area contributed by atoms with Crippen molar-refractivity contribution in [2.75, 3.05) is 5.75 Å². The molecule has 3 rings (SSSR count). The molecule has 1 aromatic heterocycles. The van der Waals surface area contributed by atoms with E-state index in [4.69, 9.17) is 23.2 Å². The normalized spacial score (nSPS) is 11.0. The number of ketones is 1. The molecule has 0 aliphatic rings. The number of thioether (sulfide) groups is 1. The Morgan fingerprint density at radius 3 is 2.65 bits per heavy atom. The molecular weight excluding hydrogens is 391 g/mol. The van der Waals surface area contributed by atoms with Crippen LogP contribution in [0.2, 0.25) is 10.0 Å². The Morgan fingerprint density at radius 1 is 1.15 bits per heavy atom. The third kappa shape index (κ3) is 4.11. The number of Topliss-reactive ketones (excluding diaryl/α,β-unsaturated/α-hetero) is 1. The Balaban J connectivity index is 1.94. The van der Waals surface area contributed by atoms with Gasteiger partial charge in [0.05, 0.1) is 16.7 Å². The minimum atomic E-state index is -0.119. The Kier molecular flexibility index (Phi) is 6.01. The molecule has 0 aliphatic carbocycles. The third-order valence-corrected chi connectivity index (χ3v) is 5.26. The fraction of sp³-hybridized carbons (Fsp3) is 0.211. The molecule has 0 radical (unpaired) electrons. The molecule has 0 spiro atoms. The van der Waals surface area contributed by atoms with Gasteiger partial charge in [0.15, 0.2) is 10.9 Å². The summed E-state index contributed by atoms with van der Waals surface area (Å²) in [5.41, 5.74) is 0.956. The predicted molar refractivity (Wildman–Crippen MR) is 108 cm³/mol. The Labute approximate surface area is 165 Å². The van der Waals surface area contributed by atoms with Crippen LogP contribution in [-0.4, -0.2) is 21.1 Å². The van der Waals surface area contributed by atoms with Gasteiger partial charge in [-0.15, -0.1) is 0 Å². The molecule has 0 fully saturated rings. The first-order valence-corrected chi connectivity index (χ1v) is 9.85. The van der Waals surface area contributed by atoms with Gasteiger partial charge in [0, 0.05) is 22.2 Å². The monoisotopic (exact) mass is 406 g/mol. The average molecular weight is 407 g/mol. The maximum absolute atomic E-state index is 12.8. The predicted octanol–water partition coefficient (Wildman–Crippen LogP) is 5.09. The van der Waals surface area contributed by atoms with Crippen molar-refractivity contribution in [3.63, 3.8) is 0 Å². The van der Waals surface area contributed by atoms with Gasteiger partial charge in [-0.1, -0.05) is 54.0 Å². The van der Waals surface area contributed by atoms with E-state index in [1.165, 1.54) is 11.8 Å². The molecule has 0 aliphatic heterocycles. The molecule has 3 aromatic rings. The summed E-state index contributed by atoms with van der Waals surface area (Å²) in [6.07, 6.45) is 0.788. The lowest BCUT2D eigenvalue weighted by atomic mass is 10.1. The lowest BCUT2D eigenvalue weighted by molar-refractivity contribution is 0.102. The van der Waals surface area contributed by atoms with Crippen molar-refractivity contribution < 1.29 is 4.79 Å². The maximum Gasteiger partial charge on any atom is 0.262 e. The highest BCUT2D eigenvalue weighted by atomic mass is 35.5. The number of benzene rings is 2. The van der Waals surface area contributed by atoms with Crippen LogP contribution in [0.4, 0.5) is 0 Å². The summed E-state index contributed by atoms with van der Waals surface area (Å²) in [5, 5.41) is 2.07. The van der Waals surface area contributed by atoms with Crippen molar-refractivity contribution in [1.29, 1.82) is 0 Å². The van der Waals surface area contributed by atoms with Gasteiger partial charge < -0.3 is 0 Å². The van der Waals surface area contributed by atoms with Crippen LogP contribution in [0.15, 0.2) is 52.4 Å². The van der Waals surface area contributed by atoms with Crippen LogP contribution in [0, 0.1) is 0 Å². The van der Waals surface area contributed by atoms with Gasteiger partial charge in [0.1, 0.15) is 0 Å². The third-order valence-electron chi connectivity index (χ3n) is 3.81. The molecule has 26 heavy (non-hydrogen) atoms. The number of halogens is 2. The summed E-state index contributed by atoms with van der Waals surface area (Å²) in [4.78, 5) is 29.8. The Morgan fingerprint density at radius 2 is 1.92 bits per heavy atom. The molecular formula is C19H16Cl2N2O2S. The van der Waals surface area contributed by atoms with Crippen LogP contribution < -0.4 is 5.56 Å². The summed E-state index contributed by atoms with van der Waals surface area (Å²) in [6, 6.07) is 11.8. The first-order chi connectivity index (χ1) is 12.5. The zero-order valence-electron chi connectivity index (χ0n) is 14.0. The summed E-state index contributed by atoms with van der Waals surface area (Å²) >= 11 is 13.2. The molecule has 0 atom stereocenters. The van der Waals surface area contributed by atoms with Gasteiger partial charge in [-0.3, -0.25) is 14.2 Å². The van der Waals surface area contributed by atoms with Gasteiger partial charge in [-0.25, -0.2) is 4.98 Å². The van der Waals surface area contributed by atoms with Crippen molar-refractivity contribution in [3.8, 4) is 0 Å². The van der Waals surface area contributed by atoms with Crippen LogP contribution in [-0.2, 0) is 6.54 Å². The van der Waals surface area contributed by atoms with E-state index in [1.807, 2.05) is 6.92 Å². The standard InChI is InChI=1S/C19H16Cl2N2O2S/c1-2-8-23-18(25)15-7-6-14(21)10-16(15)22-19(23)26-11-17(24)12-4-3-5-13(20)9-12/h3-7,9-10H,2,8,11H2,1H3. The van der Waals surface area contributed by atoms with Crippen LogP contribution in [0.3, 0.4) is 0 Å². The highest BCUT2D eigenvalue weighted by Crippen LogP contribution is 2.22. The summed E-state index contributed by atoms with van der Waals surface area (Å²) < 4.78 is 1.62. The molecule has 0 saturated carbocycles. The van der Waals surface area contributed by atoms with Gasteiger partial charge in [0.25, 0.3) is 5.56 Å². The smallest absolute Gasteiger partial charge is 0.262 e. The van der Waals surface area contributed by atoms with Crippen molar-refractivity contribution in [2.24, 2.45) is 0 Å². The summed E-state index contributed by atoms with van der Waals surface area (Å²) in [7, 11) is 0. The number of fused-ring (bicyclic) bond motifs is 1. The minimum Gasteiger partial charge on any atom is -0.293 e. The minimum absolute atomic E-state index is 0.0685. The fourth-order valence-electron chi connectivity index (χ4n) is 2.58. The van der Waals surface area contributed by atoms with E-state index in [-0.39, 0.29) is 17.1 Å². The highest BCUT2D eigenvalue weighted by Gasteiger charge is 2.14. The number of hydrogen-bond donors (Lipinski definition) is 0. The largest absolute Gasteiger partial charge is 0.293 e. The van der Waals surface area contributed by atoms with E-state index >= 15 is 0 Å². The highest BCUT2D eigenvalue weighted by molar-refractivity contribution is 7.99. The van der Waals surface area contributed by atoms with E-state index in [0.717, 1.165) is 6.42 Å². The lowest BCUT2D eigenvalue weighted by Crippen LogP contribution is -2.23. The Bertz CT molecular complexity index is 1030. The second-order valence-electron chi connectivity index (χ2n) is 5.73. The number of aromatic nitrogens is 2. The molecule has 0 amide bonds. The Hall–Kier alpha value is -1.82. The molecule has 0 bridgehead atoms. The molecule has 134 valence electrons. The molecule has 0 saturated heterocycles. The summed E-state index contributed by atoms with van der Waals surface area (Å²) in [5.74, 6) is 0.101. The zero-order chi connectivity index (χ0) is 18.7. The van der Waals surface area contributed by atoms with E-state index in [9.17, 15) is 9.59 Å². The van der Waals surface area contributed by atoms with Gasteiger partial charge in [0.2, 0.25) is 0 Å². The SMILES string of the molecule is CCCn1c(SCC(=O)c2cccc(Cl)c2)nc2cc(Cl)ccc2c1=O. The van der Waals surface area contributed by atoms with Gasteiger partial charge in [-0.05, 0) is 36.8 Å². The maximum atomic E-state index is 12.8. The first kappa shape index (κ1) is 19.0. The van der Waals surface area contributed by atoms with Crippen molar-refractivity contribution >= 4 is 51.6 Å². The quantitative estimate of drug-likeness (QED) is 0.325. The molecule has 0 unspecified atom stereocenters. The van der Waals surface area contributed by atoms with E-state index < -0.39 is 0 Å². The molecule has 0 N–H and O–H groups in total. The first-order valence-electron chi connectivity index (χ1n) is 8.11. The second-order valence-corrected chi connectivity index (χ2v) is 7.55. The number of hydrogen-bond acceptors (Lipinski definition) is 4. The molecule has 7 heteroatoms. The topological polar surface area (TPSA) is 52.0 Å². The molecule has 2 aromatic carbocycles. The zero-order valence-corrected chi connectivity index (χ0v) is 16.4. The average Bonchev–Trinajstić information content (AvgIpc) is 2.62. The van der Waals surface area contributed by atoms with Crippen LogP contribution in [0.5, 0.6) is 0 Å².